The smallest absolute Gasteiger partial charge is 0.164 e. The second-order valence-electron chi connectivity index (χ2n) is 0.808. The molecular formula is C4H7NO2. The lowest BCUT2D eigenvalue weighted by atomic mass is 10.9. The molecule has 0 heterocycles. The van der Waals surface area contributed by atoms with Crippen molar-refractivity contribution >= 4 is 12.5 Å². The zero-order valence-corrected chi connectivity index (χ0v) is 4.13. The Labute approximate surface area is 42.0 Å². The molecule has 3 heteroatoms. The van der Waals surface area contributed by atoms with E-state index < -0.39 is 0 Å². The molecule has 0 aromatic carbocycles. The van der Waals surface area contributed by atoms with Crippen LogP contribution in [0, 0.1) is 0 Å². The van der Waals surface area contributed by atoms with E-state index in [1.54, 1.807) is 6.92 Å². The molecule has 0 rings (SSSR count). The maximum Gasteiger partial charge on any atom is 0.164 e. The van der Waals surface area contributed by atoms with Gasteiger partial charge in [0.2, 0.25) is 0 Å². The molecule has 0 unspecified atom stereocenters. The van der Waals surface area contributed by atoms with Crippen LogP contribution < -0.4 is 0 Å². The fourth-order valence-corrected chi connectivity index (χ4v) is 0.142. The summed E-state index contributed by atoms with van der Waals surface area (Å²) in [6.45, 7) is 2.30. The van der Waals surface area contributed by atoms with Gasteiger partial charge in [0, 0.05) is 0 Å². The lowest BCUT2D eigenvalue weighted by Gasteiger charge is -1.84. The average molecular weight is 101 g/mol. The van der Waals surface area contributed by atoms with Crippen LogP contribution in [0.25, 0.3) is 0 Å². The molecule has 3 nitrogen and oxygen atoms in total. The molecule has 0 aliphatic rings. The van der Waals surface area contributed by atoms with E-state index in [0.717, 1.165) is 6.21 Å². The van der Waals surface area contributed by atoms with E-state index in [1.165, 1.54) is 0 Å². The highest BCUT2D eigenvalue weighted by molar-refractivity contribution is 6.12. The van der Waals surface area contributed by atoms with Gasteiger partial charge >= 0.3 is 0 Å². The maximum absolute atomic E-state index is 9.45. The van der Waals surface area contributed by atoms with Gasteiger partial charge in [-0.05, 0) is 6.92 Å². The van der Waals surface area contributed by atoms with Crippen molar-refractivity contribution in [2.45, 2.75) is 6.92 Å². The van der Waals surface area contributed by atoms with Crippen LogP contribution in [0.1, 0.15) is 6.92 Å². The molecule has 0 spiro atoms. The van der Waals surface area contributed by atoms with Gasteiger partial charge < -0.3 is 4.84 Å². The highest BCUT2D eigenvalue weighted by atomic mass is 16.6. The molecule has 0 radical (unpaired) electrons. The predicted molar refractivity (Wildman–Crippen MR) is 26.2 cm³/mol. The van der Waals surface area contributed by atoms with E-state index in [9.17, 15) is 4.79 Å². The number of hydrogen-bond acceptors (Lipinski definition) is 3. The summed E-state index contributed by atoms with van der Waals surface area (Å²) in [6.07, 6.45) is 1.62. The van der Waals surface area contributed by atoms with Gasteiger partial charge in [0.15, 0.2) is 6.29 Å². The minimum absolute atomic E-state index is 0.504. The number of aldehydes is 1. The lowest BCUT2D eigenvalue weighted by Crippen LogP contribution is -1.79. The zero-order chi connectivity index (χ0) is 5.54. The molecule has 0 fully saturated rings. The third-order valence-electron chi connectivity index (χ3n) is 0.325. The Morgan fingerprint density at radius 2 is 2.57 bits per heavy atom. The molecule has 0 aliphatic heterocycles. The van der Waals surface area contributed by atoms with Gasteiger partial charge in [-0.3, -0.25) is 4.79 Å². The van der Waals surface area contributed by atoms with E-state index in [2.05, 4.69) is 9.99 Å². The highest BCUT2D eigenvalue weighted by Crippen LogP contribution is 1.67. The molecule has 0 saturated carbocycles. The molecule has 0 bridgehead atoms. The molecule has 0 atom stereocenters. The summed E-state index contributed by atoms with van der Waals surface area (Å²) >= 11 is 0. The number of oxime groups is 1. The van der Waals surface area contributed by atoms with Gasteiger partial charge in [-0.25, -0.2) is 0 Å². The summed E-state index contributed by atoms with van der Waals surface area (Å²) in [7, 11) is 0. The number of nitrogens with zero attached hydrogens (tertiary/aromatic N) is 1. The van der Waals surface area contributed by atoms with Crippen LogP contribution in [0.15, 0.2) is 5.16 Å². The van der Waals surface area contributed by atoms with Gasteiger partial charge in [-0.2, -0.15) is 0 Å². The molecule has 0 amide bonds. The van der Waals surface area contributed by atoms with Crippen LogP contribution in [0.5, 0.6) is 0 Å². The van der Waals surface area contributed by atoms with Crippen molar-refractivity contribution in [1.29, 1.82) is 0 Å². The molecule has 0 aromatic heterocycles. The van der Waals surface area contributed by atoms with Crippen LogP contribution in [-0.2, 0) is 9.63 Å². The summed E-state index contributed by atoms with van der Waals surface area (Å²) in [6, 6.07) is 0. The topological polar surface area (TPSA) is 38.7 Å². The number of hydrogen-bond donors (Lipinski definition) is 0. The van der Waals surface area contributed by atoms with E-state index in [-0.39, 0.29) is 0 Å². The minimum Gasteiger partial charge on any atom is -0.396 e. The van der Waals surface area contributed by atoms with Crippen molar-refractivity contribution in [2.75, 3.05) is 6.61 Å². The summed E-state index contributed by atoms with van der Waals surface area (Å²) in [5.41, 5.74) is 0. The van der Waals surface area contributed by atoms with Crippen LogP contribution in [0.2, 0.25) is 0 Å². The first kappa shape index (κ1) is 6.14. The van der Waals surface area contributed by atoms with Crippen LogP contribution in [0.4, 0.5) is 0 Å². The number of carbonyl (C=O) groups is 1. The second-order valence-corrected chi connectivity index (χ2v) is 0.808. The lowest BCUT2D eigenvalue weighted by molar-refractivity contribution is -0.102. The van der Waals surface area contributed by atoms with Gasteiger partial charge in [-0.1, -0.05) is 5.16 Å². The van der Waals surface area contributed by atoms with Gasteiger partial charge in [-0.15, -0.1) is 0 Å². The molecule has 7 heavy (non-hydrogen) atoms. The first-order chi connectivity index (χ1) is 3.41. The quantitative estimate of drug-likeness (QED) is 0.289. The van der Waals surface area contributed by atoms with Crippen molar-refractivity contribution < 1.29 is 9.63 Å². The van der Waals surface area contributed by atoms with Crippen LogP contribution >= 0.6 is 0 Å². The van der Waals surface area contributed by atoms with Crippen molar-refractivity contribution in [3.63, 3.8) is 0 Å². The van der Waals surface area contributed by atoms with Gasteiger partial charge in [0.05, 0.1) is 0 Å². The molecule has 0 aliphatic carbocycles. The summed E-state index contributed by atoms with van der Waals surface area (Å²) in [5.74, 6) is 0. The standard InChI is InChI=1S/C4H7NO2/c1-2-7-5-3-4-6/h3-4H,2H2,1H3. The number of carbonyl (C=O) groups excluding carboxylic acids is 1. The van der Waals surface area contributed by atoms with Crippen molar-refractivity contribution in [2.24, 2.45) is 5.16 Å². The molecule has 40 valence electrons. The van der Waals surface area contributed by atoms with Crippen LogP contribution in [0.3, 0.4) is 0 Å². The predicted octanol–water partition coefficient (Wildman–Crippen LogP) is 0.208. The van der Waals surface area contributed by atoms with Crippen molar-refractivity contribution in [3.8, 4) is 0 Å². The minimum atomic E-state index is 0.504. The Morgan fingerprint density at radius 1 is 1.86 bits per heavy atom. The molecule has 0 aromatic rings. The number of rotatable bonds is 3. The largest absolute Gasteiger partial charge is 0.396 e. The van der Waals surface area contributed by atoms with E-state index in [1.807, 2.05) is 0 Å². The third-order valence-corrected chi connectivity index (χ3v) is 0.325. The van der Waals surface area contributed by atoms with Crippen LogP contribution in [-0.4, -0.2) is 19.1 Å². The third kappa shape index (κ3) is 5.14. The highest BCUT2D eigenvalue weighted by Gasteiger charge is 1.65. The summed E-state index contributed by atoms with van der Waals surface area (Å²) < 4.78 is 0. The van der Waals surface area contributed by atoms with Crippen molar-refractivity contribution in [3.05, 3.63) is 0 Å². The Kier molecular flexibility index (Phi) is 4.51. The first-order valence-corrected chi connectivity index (χ1v) is 2.01. The Hall–Kier alpha value is -0.860. The normalized spacial score (nSPS) is 9.29. The van der Waals surface area contributed by atoms with E-state index in [4.69, 9.17) is 0 Å². The SMILES string of the molecule is CCON=CC=O. The first-order valence-electron chi connectivity index (χ1n) is 2.01. The zero-order valence-electron chi connectivity index (χ0n) is 4.13. The van der Waals surface area contributed by atoms with E-state index >= 15 is 0 Å². The Balaban J connectivity index is 2.92. The molecule has 0 saturated heterocycles. The monoisotopic (exact) mass is 101 g/mol. The average Bonchev–Trinajstić information content (AvgIpc) is 1.69. The second kappa shape index (κ2) is 5.14. The van der Waals surface area contributed by atoms with E-state index in [0.29, 0.717) is 12.9 Å². The van der Waals surface area contributed by atoms with Gasteiger partial charge in [0.1, 0.15) is 12.8 Å². The maximum atomic E-state index is 9.45. The summed E-state index contributed by atoms with van der Waals surface area (Å²) in [4.78, 5) is 13.9. The Morgan fingerprint density at radius 3 is 3.00 bits per heavy atom. The Bertz CT molecular complexity index is 70.1. The fourth-order valence-electron chi connectivity index (χ4n) is 0.142. The summed E-state index contributed by atoms with van der Waals surface area (Å²) in [5, 5.41) is 3.22. The van der Waals surface area contributed by atoms with Gasteiger partial charge in [0.25, 0.3) is 0 Å². The molecule has 0 N–H and O–H groups in total. The molecular weight excluding hydrogens is 94.0 g/mol. The fraction of sp³-hybridized carbons (Fsp3) is 0.500. The van der Waals surface area contributed by atoms with Crippen molar-refractivity contribution in [1.82, 2.24) is 0 Å².